The second kappa shape index (κ2) is 4.87. The van der Waals surface area contributed by atoms with E-state index >= 15 is 0 Å². The summed E-state index contributed by atoms with van der Waals surface area (Å²) in [6.07, 6.45) is -4.50. The molecular formula is C10H6BrF3O3. The summed E-state index contributed by atoms with van der Waals surface area (Å²) in [6.45, 7) is 0. The third kappa shape index (κ3) is 3.06. The molecule has 0 bridgehead atoms. The third-order valence-corrected chi connectivity index (χ3v) is 2.57. The predicted octanol–water partition coefficient (Wildman–Crippen LogP) is 2.82. The molecular weight excluding hydrogens is 305 g/mol. The van der Waals surface area contributed by atoms with Gasteiger partial charge in [0.25, 0.3) is 5.78 Å². The van der Waals surface area contributed by atoms with E-state index in [9.17, 15) is 22.8 Å². The minimum atomic E-state index is -4.50. The van der Waals surface area contributed by atoms with E-state index in [4.69, 9.17) is 0 Å². The zero-order valence-electron chi connectivity index (χ0n) is 8.47. The first-order chi connectivity index (χ1) is 7.77. The van der Waals surface area contributed by atoms with Gasteiger partial charge in [-0.25, -0.2) is 4.79 Å². The molecule has 0 radical (unpaired) electrons. The second-order valence-corrected chi connectivity index (χ2v) is 3.87. The molecule has 1 aromatic carbocycles. The lowest BCUT2D eigenvalue weighted by molar-refractivity contribution is -0.137. The number of hydrogen-bond donors (Lipinski definition) is 0. The van der Waals surface area contributed by atoms with Crippen LogP contribution in [-0.2, 0) is 15.7 Å². The van der Waals surface area contributed by atoms with Crippen LogP contribution in [0.4, 0.5) is 13.2 Å². The molecule has 0 fully saturated rings. The smallest absolute Gasteiger partial charge is 0.416 e. The van der Waals surface area contributed by atoms with Crippen molar-refractivity contribution < 1.29 is 27.5 Å². The predicted molar refractivity (Wildman–Crippen MR) is 55.5 cm³/mol. The van der Waals surface area contributed by atoms with Crippen molar-refractivity contribution in [3.63, 3.8) is 0 Å². The minimum Gasteiger partial charge on any atom is -0.463 e. The number of hydrogen-bond acceptors (Lipinski definition) is 3. The summed E-state index contributed by atoms with van der Waals surface area (Å²) in [6, 6.07) is 2.38. The molecule has 3 nitrogen and oxygen atoms in total. The molecule has 0 N–H and O–H groups in total. The summed E-state index contributed by atoms with van der Waals surface area (Å²) in [4.78, 5) is 22.3. The maximum Gasteiger partial charge on any atom is 0.416 e. The van der Waals surface area contributed by atoms with Gasteiger partial charge in [-0.05, 0) is 18.2 Å². The summed E-state index contributed by atoms with van der Waals surface area (Å²) in [7, 11) is 1.01. The number of halogens is 4. The van der Waals surface area contributed by atoms with Gasteiger partial charge >= 0.3 is 12.1 Å². The summed E-state index contributed by atoms with van der Waals surface area (Å²) in [5.74, 6) is -2.14. The Morgan fingerprint density at radius 1 is 1.29 bits per heavy atom. The van der Waals surface area contributed by atoms with Crippen LogP contribution in [0.15, 0.2) is 22.7 Å². The number of benzene rings is 1. The topological polar surface area (TPSA) is 43.4 Å². The van der Waals surface area contributed by atoms with Crippen LogP contribution in [0.3, 0.4) is 0 Å². The monoisotopic (exact) mass is 310 g/mol. The number of alkyl halides is 3. The molecule has 0 unspecified atom stereocenters. The van der Waals surface area contributed by atoms with Crippen molar-refractivity contribution in [1.29, 1.82) is 0 Å². The molecule has 17 heavy (non-hydrogen) atoms. The van der Waals surface area contributed by atoms with Crippen LogP contribution in [-0.4, -0.2) is 18.9 Å². The van der Waals surface area contributed by atoms with Crippen molar-refractivity contribution in [1.82, 2.24) is 0 Å². The van der Waals surface area contributed by atoms with Gasteiger partial charge < -0.3 is 4.74 Å². The van der Waals surface area contributed by atoms with E-state index in [0.717, 1.165) is 25.3 Å². The molecule has 0 spiro atoms. The molecule has 1 aromatic rings. The molecule has 0 saturated carbocycles. The molecule has 0 aromatic heterocycles. The third-order valence-electron chi connectivity index (χ3n) is 1.91. The van der Waals surface area contributed by atoms with Crippen LogP contribution >= 0.6 is 15.9 Å². The largest absolute Gasteiger partial charge is 0.463 e. The van der Waals surface area contributed by atoms with Gasteiger partial charge in [-0.2, -0.15) is 13.2 Å². The Labute approximate surface area is 103 Å². The van der Waals surface area contributed by atoms with Crippen LogP contribution in [0, 0.1) is 0 Å². The average molecular weight is 311 g/mol. The van der Waals surface area contributed by atoms with Crippen LogP contribution < -0.4 is 0 Å². The lowest BCUT2D eigenvalue weighted by Crippen LogP contribution is -2.16. The Balaban J connectivity index is 3.15. The van der Waals surface area contributed by atoms with Crippen molar-refractivity contribution >= 4 is 27.7 Å². The maximum absolute atomic E-state index is 12.3. The van der Waals surface area contributed by atoms with Gasteiger partial charge in [-0.15, -0.1) is 0 Å². The number of carbonyl (C=O) groups is 2. The van der Waals surface area contributed by atoms with Crippen LogP contribution in [0.2, 0.25) is 0 Å². The first-order valence-electron chi connectivity index (χ1n) is 4.26. The second-order valence-electron chi connectivity index (χ2n) is 3.01. The van der Waals surface area contributed by atoms with Gasteiger partial charge in [0.05, 0.1) is 12.7 Å². The van der Waals surface area contributed by atoms with E-state index in [1.165, 1.54) is 0 Å². The fourth-order valence-corrected chi connectivity index (χ4v) is 1.64. The normalized spacial score (nSPS) is 11.1. The van der Waals surface area contributed by atoms with E-state index in [1.807, 2.05) is 0 Å². The Kier molecular flexibility index (Phi) is 3.92. The van der Waals surface area contributed by atoms with Gasteiger partial charge in [-0.3, -0.25) is 4.79 Å². The Morgan fingerprint density at radius 2 is 1.88 bits per heavy atom. The van der Waals surface area contributed by atoms with Crippen molar-refractivity contribution in [2.45, 2.75) is 6.18 Å². The fraction of sp³-hybridized carbons (Fsp3) is 0.200. The lowest BCUT2D eigenvalue weighted by atomic mass is 10.1. The highest BCUT2D eigenvalue weighted by atomic mass is 79.9. The van der Waals surface area contributed by atoms with Gasteiger partial charge in [0, 0.05) is 10.0 Å². The quantitative estimate of drug-likeness (QED) is 0.479. The number of ketones is 1. The van der Waals surface area contributed by atoms with Crippen molar-refractivity contribution in [2.24, 2.45) is 0 Å². The highest BCUT2D eigenvalue weighted by molar-refractivity contribution is 9.10. The Bertz CT molecular complexity index is 468. The Morgan fingerprint density at radius 3 is 2.29 bits per heavy atom. The molecule has 0 aliphatic carbocycles. The van der Waals surface area contributed by atoms with Crippen LogP contribution in [0.1, 0.15) is 15.9 Å². The van der Waals surface area contributed by atoms with Gasteiger partial charge in [0.2, 0.25) is 0 Å². The minimum absolute atomic E-state index is 0.109. The van der Waals surface area contributed by atoms with Crippen LogP contribution in [0.25, 0.3) is 0 Å². The SMILES string of the molecule is COC(=O)C(=O)c1ccc(C(F)(F)F)cc1Br. The van der Waals surface area contributed by atoms with Crippen LogP contribution in [0.5, 0.6) is 0 Å². The maximum atomic E-state index is 12.3. The highest BCUT2D eigenvalue weighted by Gasteiger charge is 2.31. The van der Waals surface area contributed by atoms with Gasteiger partial charge in [0.15, 0.2) is 0 Å². The summed E-state index contributed by atoms with van der Waals surface area (Å²) >= 11 is 2.81. The molecule has 0 amide bonds. The van der Waals surface area contributed by atoms with Crippen molar-refractivity contribution in [3.05, 3.63) is 33.8 Å². The average Bonchev–Trinajstić information content (AvgIpc) is 2.25. The number of ether oxygens (including phenoxy) is 1. The Hall–Kier alpha value is -1.37. The zero-order chi connectivity index (χ0) is 13.2. The van der Waals surface area contributed by atoms with Crippen molar-refractivity contribution in [3.8, 4) is 0 Å². The lowest BCUT2D eigenvalue weighted by Gasteiger charge is -2.08. The van der Waals surface area contributed by atoms with E-state index in [2.05, 4.69) is 20.7 Å². The zero-order valence-corrected chi connectivity index (χ0v) is 10.1. The van der Waals surface area contributed by atoms with E-state index < -0.39 is 23.5 Å². The van der Waals surface area contributed by atoms with E-state index in [1.54, 1.807) is 0 Å². The van der Waals surface area contributed by atoms with E-state index in [0.29, 0.717) is 0 Å². The fourth-order valence-electron chi connectivity index (χ4n) is 1.08. The molecule has 92 valence electrons. The standard InChI is InChI=1S/C10H6BrF3O3/c1-17-9(16)8(15)6-3-2-5(4-7(6)11)10(12,13)14/h2-4H,1H3. The number of Topliss-reactive ketones (excluding diaryl/α,β-unsaturated/α-hetero) is 1. The number of methoxy groups -OCH3 is 1. The van der Waals surface area contributed by atoms with Crippen molar-refractivity contribution in [2.75, 3.05) is 7.11 Å². The summed E-state index contributed by atoms with van der Waals surface area (Å²) in [5, 5.41) is 0. The van der Waals surface area contributed by atoms with Gasteiger partial charge in [-0.1, -0.05) is 15.9 Å². The van der Waals surface area contributed by atoms with E-state index in [-0.39, 0.29) is 10.0 Å². The number of rotatable bonds is 2. The molecule has 0 aliphatic heterocycles. The molecule has 0 heterocycles. The summed E-state index contributed by atoms with van der Waals surface area (Å²) < 4.78 is 41.1. The molecule has 0 atom stereocenters. The number of carbonyl (C=O) groups excluding carboxylic acids is 2. The molecule has 0 aliphatic rings. The molecule has 1 rings (SSSR count). The van der Waals surface area contributed by atoms with Gasteiger partial charge in [0.1, 0.15) is 0 Å². The number of esters is 1. The molecule has 7 heteroatoms. The summed E-state index contributed by atoms with van der Waals surface area (Å²) in [5.41, 5.74) is -1.09. The first kappa shape index (κ1) is 13.7. The molecule has 0 saturated heterocycles. The highest BCUT2D eigenvalue weighted by Crippen LogP contribution is 2.32. The first-order valence-corrected chi connectivity index (χ1v) is 5.06.